The summed E-state index contributed by atoms with van der Waals surface area (Å²) in [5.74, 6) is 1.30. The summed E-state index contributed by atoms with van der Waals surface area (Å²) in [4.78, 5) is 3.91. The molecule has 2 aromatic rings. The molecular formula is C19H25NS. The van der Waals surface area contributed by atoms with Crippen molar-refractivity contribution in [3.8, 4) is 0 Å². The lowest BCUT2D eigenvalue weighted by Gasteiger charge is -2.24. The van der Waals surface area contributed by atoms with Gasteiger partial charge < -0.3 is 4.90 Å². The molecule has 2 atom stereocenters. The third kappa shape index (κ3) is 3.22. The summed E-state index contributed by atoms with van der Waals surface area (Å²) in [6.45, 7) is 3.55. The van der Waals surface area contributed by atoms with Gasteiger partial charge in [0.2, 0.25) is 0 Å². The largest absolute Gasteiger partial charge is 0.309 e. The average molecular weight is 299 g/mol. The Labute approximate surface area is 132 Å². The van der Waals surface area contributed by atoms with E-state index in [1.807, 2.05) is 11.3 Å². The molecule has 1 aliphatic carbocycles. The summed E-state index contributed by atoms with van der Waals surface area (Å²) in [6, 6.07) is 11.5. The van der Waals surface area contributed by atoms with E-state index in [0.29, 0.717) is 11.8 Å². The molecule has 1 aromatic carbocycles. The van der Waals surface area contributed by atoms with Crippen LogP contribution in [0.2, 0.25) is 0 Å². The predicted octanol–water partition coefficient (Wildman–Crippen LogP) is 4.57. The van der Waals surface area contributed by atoms with Gasteiger partial charge in [0.25, 0.3) is 0 Å². The first-order chi connectivity index (χ1) is 10.1. The molecule has 0 N–H and O–H groups in total. The molecule has 3 rings (SSSR count). The minimum Gasteiger partial charge on any atom is -0.309 e. The van der Waals surface area contributed by atoms with Crippen LogP contribution >= 0.6 is 11.3 Å². The summed E-state index contributed by atoms with van der Waals surface area (Å²) in [7, 11) is 4.35. The fourth-order valence-electron chi connectivity index (χ4n) is 3.74. The highest BCUT2D eigenvalue weighted by Crippen LogP contribution is 2.40. The van der Waals surface area contributed by atoms with Crippen LogP contribution in [-0.2, 0) is 12.8 Å². The van der Waals surface area contributed by atoms with Gasteiger partial charge in [-0.15, -0.1) is 11.3 Å². The van der Waals surface area contributed by atoms with Crippen molar-refractivity contribution in [3.05, 3.63) is 57.3 Å². The summed E-state index contributed by atoms with van der Waals surface area (Å²) in [6.07, 6.45) is 3.66. The van der Waals surface area contributed by atoms with Gasteiger partial charge in [-0.25, -0.2) is 0 Å². The maximum absolute atomic E-state index is 2.39. The molecule has 21 heavy (non-hydrogen) atoms. The number of hydrogen-bond acceptors (Lipinski definition) is 2. The first kappa shape index (κ1) is 14.8. The van der Waals surface area contributed by atoms with Crippen molar-refractivity contribution < 1.29 is 0 Å². The molecule has 0 bridgehead atoms. The molecule has 0 fully saturated rings. The van der Waals surface area contributed by atoms with Crippen molar-refractivity contribution in [2.45, 2.75) is 32.1 Å². The van der Waals surface area contributed by atoms with Crippen molar-refractivity contribution >= 4 is 11.3 Å². The molecule has 0 spiro atoms. The highest BCUT2D eigenvalue weighted by molar-refractivity contribution is 7.10. The minimum atomic E-state index is 0.583. The number of aryl methyl sites for hydroxylation is 2. The van der Waals surface area contributed by atoms with Gasteiger partial charge in [0, 0.05) is 17.3 Å². The van der Waals surface area contributed by atoms with Gasteiger partial charge in [-0.1, -0.05) is 31.2 Å². The first-order valence-electron chi connectivity index (χ1n) is 7.94. The van der Waals surface area contributed by atoms with E-state index in [1.54, 1.807) is 21.6 Å². The van der Waals surface area contributed by atoms with Crippen molar-refractivity contribution in [1.82, 2.24) is 4.90 Å². The Morgan fingerprint density at radius 3 is 2.76 bits per heavy atom. The second kappa shape index (κ2) is 6.33. The van der Waals surface area contributed by atoms with E-state index in [1.165, 1.54) is 19.3 Å². The van der Waals surface area contributed by atoms with Crippen molar-refractivity contribution in [2.75, 3.05) is 20.6 Å². The Morgan fingerprint density at radius 2 is 1.95 bits per heavy atom. The summed E-state index contributed by atoms with van der Waals surface area (Å²) in [5, 5.41) is 2.28. The number of hydrogen-bond donors (Lipinski definition) is 0. The highest BCUT2D eigenvalue weighted by Gasteiger charge is 2.25. The Balaban J connectivity index is 1.94. The zero-order chi connectivity index (χ0) is 14.8. The van der Waals surface area contributed by atoms with Gasteiger partial charge >= 0.3 is 0 Å². The number of fused-ring (bicyclic) bond motifs is 2. The molecule has 0 aliphatic heterocycles. The molecule has 0 radical (unpaired) electrons. The zero-order valence-electron chi connectivity index (χ0n) is 13.3. The third-order valence-corrected chi connectivity index (χ3v) is 5.52. The van der Waals surface area contributed by atoms with Crippen LogP contribution in [0.15, 0.2) is 35.7 Å². The topological polar surface area (TPSA) is 3.24 Å². The molecule has 2 heteroatoms. The van der Waals surface area contributed by atoms with Gasteiger partial charge in [-0.3, -0.25) is 0 Å². The second-order valence-electron chi connectivity index (χ2n) is 6.65. The fourth-order valence-corrected chi connectivity index (χ4v) is 4.68. The fraction of sp³-hybridized carbons (Fsp3) is 0.474. The smallest absolute Gasteiger partial charge is 0.0106 e. The molecule has 0 amide bonds. The SMILES string of the molecule is CC(CC1c2ccccc2CCc2sccc21)CN(C)C. The van der Waals surface area contributed by atoms with Crippen LogP contribution in [0.5, 0.6) is 0 Å². The number of benzene rings is 1. The quantitative estimate of drug-likeness (QED) is 0.799. The van der Waals surface area contributed by atoms with E-state index in [-0.39, 0.29) is 0 Å². The van der Waals surface area contributed by atoms with E-state index >= 15 is 0 Å². The minimum absolute atomic E-state index is 0.583. The molecule has 1 nitrogen and oxygen atoms in total. The van der Waals surface area contributed by atoms with Crippen LogP contribution in [-0.4, -0.2) is 25.5 Å². The number of rotatable bonds is 4. The third-order valence-electron chi connectivity index (χ3n) is 4.52. The summed E-state index contributed by atoms with van der Waals surface area (Å²) in [5.41, 5.74) is 4.72. The molecular weight excluding hydrogens is 274 g/mol. The Hall–Kier alpha value is -1.12. The highest BCUT2D eigenvalue weighted by atomic mass is 32.1. The zero-order valence-corrected chi connectivity index (χ0v) is 14.1. The lowest BCUT2D eigenvalue weighted by atomic mass is 9.83. The van der Waals surface area contributed by atoms with Crippen LogP contribution < -0.4 is 0 Å². The Morgan fingerprint density at radius 1 is 1.14 bits per heavy atom. The van der Waals surface area contributed by atoms with Gasteiger partial charge in [0.05, 0.1) is 0 Å². The monoisotopic (exact) mass is 299 g/mol. The maximum atomic E-state index is 2.39. The van der Waals surface area contributed by atoms with Gasteiger partial charge in [0.15, 0.2) is 0 Å². The van der Waals surface area contributed by atoms with Gasteiger partial charge in [0.1, 0.15) is 0 Å². The van der Waals surface area contributed by atoms with Crippen molar-refractivity contribution in [2.24, 2.45) is 5.92 Å². The molecule has 1 heterocycles. The summed E-state index contributed by atoms with van der Waals surface area (Å²) < 4.78 is 0. The van der Waals surface area contributed by atoms with E-state index in [9.17, 15) is 0 Å². The van der Waals surface area contributed by atoms with E-state index < -0.39 is 0 Å². The normalized spacial score (nSPS) is 19.0. The van der Waals surface area contributed by atoms with Crippen molar-refractivity contribution in [1.29, 1.82) is 0 Å². The molecule has 0 saturated carbocycles. The van der Waals surface area contributed by atoms with Crippen LogP contribution in [0.25, 0.3) is 0 Å². The second-order valence-corrected chi connectivity index (χ2v) is 7.65. The van der Waals surface area contributed by atoms with Crippen LogP contribution in [0.3, 0.4) is 0 Å². The lowest BCUT2D eigenvalue weighted by Crippen LogP contribution is -2.21. The van der Waals surface area contributed by atoms with Gasteiger partial charge in [-0.2, -0.15) is 0 Å². The van der Waals surface area contributed by atoms with Crippen molar-refractivity contribution in [3.63, 3.8) is 0 Å². The van der Waals surface area contributed by atoms with Crippen LogP contribution in [0.1, 0.15) is 40.8 Å². The van der Waals surface area contributed by atoms with Crippen LogP contribution in [0.4, 0.5) is 0 Å². The maximum Gasteiger partial charge on any atom is 0.0106 e. The van der Waals surface area contributed by atoms with E-state index in [4.69, 9.17) is 0 Å². The average Bonchev–Trinajstić information content (AvgIpc) is 2.85. The number of nitrogens with zero attached hydrogens (tertiary/aromatic N) is 1. The molecule has 0 saturated heterocycles. The van der Waals surface area contributed by atoms with E-state index in [0.717, 1.165) is 6.54 Å². The Kier molecular flexibility index (Phi) is 4.46. The van der Waals surface area contributed by atoms with E-state index in [2.05, 4.69) is 61.6 Å². The lowest BCUT2D eigenvalue weighted by molar-refractivity contribution is 0.321. The van der Waals surface area contributed by atoms with Crippen LogP contribution in [0, 0.1) is 5.92 Å². The molecule has 112 valence electrons. The molecule has 2 unspecified atom stereocenters. The standard InChI is InChI=1S/C19H25NS/c1-14(13-20(2)3)12-18-16-7-5-4-6-15(16)8-9-19-17(18)10-11-21-19/h4-7,10-11,14,18H,8-9,12-13H2,1-3H3. The van der Waals surface area contributed by atoms with Gasteiger partial charge in [-0.05, 0) is 67.4 Å². The summed E-state index contributed by atoms with van der Waals surface area (Å²) >= 11 is 1.94. The first-order valence-corrected chi connectivity index (χ1v) is 8.82. The molecule has 1 aliphatic rings. The Bertz CT molecular complexity index is 599. The number of thiophene rings is 1. The predicted molar refractivity (Wildman–Crippen MR) is 92.3 cm³/mol. The molecule has 1 aromatic heterocycles.